The van der Waals surface area contributed by atoms with Crippen LogP contribution in [0.1, 0.15) is 28.9 Å². The first-order valence-electron chi connectivity index (χ1n) is 6.33. The summed E-state index contributed by atoms with van der Waals surface area (Å²) < 4.78 is 1.09. The van der Waals surface area contributed by atoms with Crippen LogP contribution in [0.5, 0.6) is 0 Å². The molecule has 94 valence electrons. The van der Waals surface area contributed by atoms with E-state index in [4.69, 9.17) is 5.73 Å². The molecule has 4 heteroatoms. The quantitative estimate of drug-likeness (QED) is 0.856. The Morgan fingerprint density at radius 3 is 2.61 bits per heavy atom. The van der Waals surface area contributed by atoms with Gasteiger partial charge in [-0.15, -0.1) is 11.3 Å². The van der Waals surface area contributed by atoms with Crippen LogP contribution in [0.25, 0.3) is 10.1 Å². The van der Waals surface area contributed by atoms with E-state index in [1.54, 1.807) is 0 Å². The molecule has 0 spiro atoms. The lowest BCUT2D eigenvalue weighted by Gasteiger charge is -2.26. The topological polar surface area (TPSA) is 46.3 Å². The number of fused-ring (bicyclic) bond motifs is 1. The monoisotopic (exact) mass is 260 g/mol. The molecule has 2 aromatic rings. The van der Waals surface area contributed by atoms with Crippen LogP contribution < -0.4 is 5.73 Å². The van der Waals surface area contributed by atoms with Gasteiger partial charge in [0.2, 0.25) is 0 Å². The Balaban J connectivity index is 1.98. The van der Waals surface area contributed by atoms with Crippen LogP contribution in [-0.2, 0) is 0 Å². The van der Waals surface area contributed by atoms with Crippen molar-refractivity contribution in [1.82, 2.24) is 4.90 Å². The van der Waals surface area contributed by atoms with E-state index in [2.05, 4.69) is 0 Å². The molecule has 0 atom stereocenters. The molecule has 0 radical (unpaired) electrons. The summed E-state index contributed by atoms with van der Waals surface area (Å²) in [5, 5.41) is 1.00. The molecule has 2 N–H and O–H groups in total. The SMILES string of the molecule is Nc1c(C(=O)N2CCCCC2)sc2ccccc12. The van der Waals surface area contributed by atoms with Gasteiger partial charge in [-0.05, 0) is 25.3 Å². The summed E-state index contributed by atoms with van der Waals surface area (Å²) in [4.78, 5) is 15.1. The highest BCUT2D eigenvalue weighted by Gasteiger charge is 2.23. The summed E-state index contributed by atoms with van der Waals surface area (Å²) in [6.07, 6.45) is 3.44. The van der Waals surface area contributed by atoms with E-state index >= 15 is 0 Å². The minimum Gasteiger partial charge on any atom is -0.397 e. The van der Waals surface area contributed by atoms with Gasteiger partial charge < -0.3 is 10.6 Å². The second kappa shape index (κ2) is 4.61. The molecule has 1 amide bonds. The summed E-state index contributed by atoms with van der Waals surface area (Å²) >= 11 is 1.51. The first-order valence-corrected chi connectivity index (χ1v) is 7.15. The van der Waals surface area contributed by atoms with Gasteiger partial charge in [-0.1, -0.05) is 18.2 Å². The third-order valence-corrected chi connectivity index (χ3v) is 4.65. The maximum Gasteiger partial charge on any atom is 0.266 e. The fraction of sp³-hybridized carbons (Fsp3) is 0.357. The first-order chi connectivity index (χ1) is 8.77. The number of likely N-dealkylation sites (tertiary alicyclic amines) is 1. The van der Waals surface area contributed by atoms with Crippen molar-refractivity contribution in [3.63, 3.8) is 0 Å². The number of nitrogen functional groups attached to an aromatic ring is 1. The van der Waals surface area contributed by atoms with Crippen LogP contribution in [0.15, 0.2) is 24.3 Å². The van der Waals surface area contributed by atoms with E-state index in [1.165, 1.54) is 17.8 Å². The molecule has 1 aromatic heterocycles. The number of thiophene rings is 1. The minimum absolute atomic E-state index is 0.105. The summed E-state index contributed by atoms with van der Waals surface area (Å²) in [6, 6.07) is 7.94. The van der Waals surface area contributed by atoms with E-state index in [0.717, 1.165) is 36.0 Å². The summed E-state index contributed by atoms with van der Waals surface area (Å²) in [5.41, 5.74) is 6.75. The highest BCUT2D eigenvalue weighted by Crippen LogP contribution is 2.34. The molecule has 0 unspecified atom stereocenters. The Bertz CT molecular complexity index is 584. The number of rotatable bonds is 1. The van der Waals surface area contributed by atoms with Crippen LogP contribution in [0.4, 0.5) is 5.69 Å². The lowest BCUT2D eigenvalue weighted by Crippen LogP contribution is -2.35. The zero-order valence-electron chi connectivity index (χ0n) is 10.2. The molecule has 3 rings (SSSR count). The molecular weight excluding hydrogens is 244 g/mol. The number of hydrogen-bond donors (Lipinski definition) is 1. The van der Waals surface area contributed by atoms with Gasteiger partial charge in [0.05, 0.1) is 5.69 Å². The molecule has 0 saturated carbocycles. The number of anilines is 1. The fourth-order valence-corrected chi connectivity index (χ4v) is 3.56. The smallest absolute Gasteiger partial charge is 0.266 e. The Kier molecular flexibility index (Phi) is 2.96. The van der Waals surface area contributed by atoms with Gasteiger partial charge in [-0.2, -0.15) is 0 Å². The second-order valence-corrected chi connectivity index (χ2v) is 5.75. The van der Waals surface area contributed by atoms with E-state index in [-0.39, 0.29) is 5.91 Å². The summed E-state index contributed by atoms with van der Waals surface area (Å²) in [7, 11) is 0. The lowest BCUT2D eigenvalue weighted by atomic mass is 10.1. The molecule has 0 bridgehead atoms. The van der Waals surface area contributed by atoms with Crippen molar-refractivity contribution < 1.29 is 4.79 Å². The van der Waals surface area contributed by atoms with E-state index in [1.807, 2.05) is 29.2 Å². The molecule has 0 aliphatic carbocycles. The minimum atomic E-state index is 0.105. The normalized spacial score (nSPS) is 16.1. The maximum absolute atomic E-state index is 12.4. The van der Waals surface area contributed by atoms with Crippen molar-refractivity contribution in [3.05, 3.63) is 29.1 Å². The van der Waals surface area contributed by atoms with Gasteiger partial charge in [0.25, 0.3) is 5.91 Å². The standard InChI is InChI=1S/C14H16N2OS/c15-12-10-6-2-3-7-11(10)18-13(12)14(17)16-8-4-1-5-9-16/h2-3,6-7H,1,4-5,8-9,15H2. The molecule has 18 heavy (non-hydrogen) atoms. The zero-order valence-corrected chi connectivity index (χ0v) is 11.0. The predicted molar refractivity (Wildman–Crippen MR) is 76.0 cm³/mol. The predicted octanol–water partition coefficient (Wildman–Crippen LogP) is 3.11. The molecule has 1 aliphatic heterocycles. The van der Waals surface area contributed by atoms with Crippen LogP contribution in [0, 0.1) is 0 Å². The van der Waals surface area contributed by atoms with E-state index < -0.39 is 0 Å². The van der Waals surface area contributed by atoms with Crippen molar-refractivity contribution in [2.45, 2.75) is 19.3 Å². The van der Waals surface area contributed by atoms with Gasteiger partial charge in [0.1, 0.15) is 4.88 Å². The largest absolute Gasteiger partial charge is 0.397 e. The summed E-state index contributed by atoms with van der Waals surface area (Å²) in [6.45, 7) is 1.74. The number of benzene rings is 1. The van der Waals surface area contributed by atoms with Gasteiger partial charge in [0.15, 0.2) is 0 Å². The van der Waals surface area contributed by atoms with Crippen LogP contribution >= 0.6 is 11.3 Å². The average molecular weight is 260 g/mol. The number of hydrogen-bond acceptors (Lipinski definition) is 3. The van der Waals surface area contributed by atoms with Crippen molar-refractivity contribution >= 4 is 33.0 Å². The number of amides is 1. The Hall–Kier alpha value is -1.55. The number of nitrogens with two attached hydrogens (primary N) is 1. The highest BCUT2D eigenvalue weighted by atomic mass is 32.1. The molecule has 2 heterocycles. The first kappa shape index (κ1) is 11.5. The average Bonchev–Trinajstić information content (AvgIpc) is 2.77. The Morgan fingerprint density at radius 2 is 1.89 bits per heavy atom. The van der Waals surface area contributed by atoms with E-state index in [0.29, 0.717) is 10.6 Å². The zero-order chi connectivity index (χ0) is 12.5. The lowest BCUT2D eigenvalue weighted by molar-refractivity contribution is 0.0730. The van der Waals surface area contributed by atoms with Crippen molar-refractivity contribution in [3.8, 4) is 0 Å². The molecule has 3 nitrogen and oxygen atoms in total. The van der Waals surface area contributed by atoms with Crippen molar-refractivity contribution in [1.29, 1.82) is 0 Å². The Morgan fingerprint density at radius 1 is 1.17 bits per heavy atom. The highest BCUT2D eigenvalue weighted by molar-refractivity contribution is 7.21. The fourth-order valence-electron chi connectivity index (χ4n) is 2.46. The van der Waals surface area contributed by atoms with Gasteiger partial charge in [-0.3, -0.25) is 4.79 Å². The Labute approximate surface area is 110 Å². The van der Waals surface area contributed by atoms with E-state index in [9.17, 15) is 4.79 Å². The van der Waals surface area contributed by atoms with Crippen LogP contribution in [0.3, 0.4) is 0 Å². The van der Waals surface area contributed by atoms with Gasteiger partial charge >= 0.3 is 0 Å². The van der Waals surface area contributed by atoms with Gasteiger partial charge in [-0.25, -0.2) is 0 Å². The third-order valence-electron chi connectivity index (χ3n) is 3.47. The van der Waals surface area contributed by atoms with Gasteiger partial charge in [0, 0.05) is 23.2 Å². The number of piperidine rings is 1. The second-order valence-electron chi connectivity index (χ2n) is 4.69. The van der Waals surface area contributed by atoms with Crippen LogP contribution in [-0.4, -0.2) is 23.9 Å². The number of carbonyl (C=O) groups is 1. The van der Waals surface area contributed by atoms with Crippen molar-refractivity contribution in [2.24, 2.45) is 0 Å². The van der Waals surface area contributed by atoms with Crippen LogP contribution in [0.2, 0.25) is 0 Å². The number of carbonyl (C=O) groups excluding carboxylic acids is 1. The third kappa shape index (κ3) is 1.86. The maximum atomic E-state index is 12.4. The summed E-state index contributed by atoms with van der Waals surface area (Å²) in [5.74, 6) is 0.105. The molecular formula is C14H16N2OS. The molecule has 1 fully saturated rings. The van der Waals surface area contributed by atoms with Crippen molar-refractivity contribution in [2.75, 3.05) is 18.8 Å². The molecule has 1 aliphatic rings. The molecule has 1 saturated heterocycles. The number of nitrogens with zero attached hydrogens (tertiary/aromatic N) is 1. The molecule has 1 aromatic carbocycles.